The molecule has 1 N–H and O–H groups in total. The maximum atomic E-state index is 12.2. The molecule has 28 heavy (non-hydrogen) atoms. The first kappa shape index (κ1) is 20.3. The number of nitrogens with zero attached hydrogens (tertiary/aromatic N) is 3. The van der Waals surface area contributed by atoms with Crippen molar-refractivity contribution in [1.29, 1.82) is 0 Å². The normalized spacial score (nSPS) is 10.6. The second-order valence-electron chi connectivity index (χ2n) is 6.01. The summed E-state index contributed by atoms with van der Waals surface area (Å²) in [6.07, 6.45) is 0. The predicted octanol–water partition coefficient (Wildman–Crippen LogP) is 3.99. The molecule has 3 aromatic rings. The van der Waals surface area contributed by atoms with E-state index in [9.17, 15) is 4.79 Å². The number of methoxy groups -OCH3 is 1. The Labute approximate surface area is 173 Å². The summed E-state index contributed by atoms with van der Waals surface area (Å²) in [5.74, 6) is 3.48. The number of anilines is 1. The van der Waals surface area contributed by atoms with Crippen LogP contribution in [-0.2, 0) is 23.3 Å². The smallest absolute Gasteiger partial charge is 0.234 e. The Kier molecular flexibility index (Phi) is 7.39. The third-order valence-electron chi connectivity index (χ3n) is 3.95. The van der Waals surface area contributed by atoms with Gasteiger partial charge < -0.3 is 14.6 Å². The van der Waals surface area contributed by atoms with Crippen LogP contribution in [0.4, 0.5) is 5.69 Å². The maximum absolute atomic E-state index is 12.2. The van der Waals surface area contributed by atoms with E-state index in [0.717, 1.165) is 22.5 Å². The minimum absolute atomic E-state index is 0.0961. The Morgan fingerprint density at radius 3 is 2.71 bits per heavy atom. The predicted molar refractivity (Wildman–Crippen MR) is 115 cm³/mol. The van der Waals surface area contributed by atoms with Crippen LogP contribution in [0.5, 0.6) is 5.75 Å². The van der Waals surface area contributed by atoms with Crippen LogP contribution in [0.2, 0.25) is 0 Å². The number of amides is 1. The van der Waals surface area contributed by atoms with Crippen LogP contribution in [0.25, 0.3) is 0 Å². The maximum Gasteiger partial charge on any atom is 0.234 e. The van der Waals surface area contributed by atoms with Crippen LogP contribution in [0.15, 0.2) is 59.8 Å². The van der Waals surface area contributed by atoms with Crippen LogP contribution in [0.1, 0.15) is 11.4 Å². The van der Waals surface area contributed by atoms with Gasteiger partial charge in [-0.3, -0.25) is 4.79 Å². The van der Waals surface area contributed by atoms with Gasteiger partial charge in [0.1, 0.15) is 11.6 Å². The van der Waals surface area contributed by atoms with E-state index in [-0.39, 0.29) is 11.7 Å². The van der Waals surface area contributed by atoms with Crippen molar-refractivity contribution in [3.8, 4) is 5.75 Å². The highest BCUT2D eigenvalue weighted by atomic mass is 32.2. The highest BCUT2D eigenvalue weighted by molar-refractivity contribution is 7.99. The Bertz CT molecular complexity index is 916. The number of carbonyl (C=O) groups is 1. The van der Waals surface area contributed by atoms with Gasteiger partial charge >= 0.3 is 0 Å². The van der Waals surface area contributed by atoms with E-state index in [4.69, 9.17) is 4.74 Å². The highest BCUT2D eigenvalue weighted by Crippen LogP contribution is 2.21. The summed E-state index contributed by atoms with van der Waals surface area (Å²) >= 11 is 3.16. The zero-order chi connectivity index (χ0) is 19.8. The van der Waals surface area contributed by atoms with Gasteiger partial charge in [-0.1, -0.05) is 48.2 Å². The molecule has 0 saturated carbocycles. The molecule has 0 atom stereocenters. The fourth-order valence-corrected chi connectivity index (χ4v) is 4.15. The van der Waals surface area contributed by atoms with Crippen LogP contribution < -0.4 is 10.1 Å². The Morgan fingerprint density at radius 2 is 1.93 bits per heavy atom. The number of carbonyl (C=O) groups excluding carboxylic acids is 1. The van der Waals surface area contributed by atoms with E-state index in [1.807, 2.05) is 48.0 Å². The van der Waals surface area contributed by atoms with Gasteiger partial charge in [0.15, 0.2) is 5.16 Å². The molecule has 6 nitrogen and oxygen atoms in total. The molecule has 0 aliphatic heterocycles. The average molecular weight is 415 g/mol. The summed E-state index contributed by atoms with van der Waals surface area (Å²) in [7, 11) is 3.53. The van der Waals surface area contributed by atoms with E-state index in [2.05, 4.69) is 27.6 Å². The van der Waals surface area contributed by atoms with Gasteiger partial charge in [-0.25, -0.2) is 0 Å². The summed E-state index contributed by atoms with van der Waals surface area (Å²) in [4.78, 5) is 12.2. The van der Waals surface area contributed by atoms with Gasteiger partial charge in [-0.15, -0.1) is 22.0 Å². The van der Waals surface area contributed by atoms with Gasteiger partial charge in [0, 0.05) is 24.6 Å². The lowest BCUT2D eigenvalue weighted by Gasteiger charge is -2.07. The summed E-state index contributed by atoms with van der Waals surface area (Å²) in [6, 6.07) is 17.6. The molecule has 2 aromatic carbocycles. The second-order valence-corrected chi connectivity index (χ2v) is 7.93. The quantitative estimate of drug-likeness (QED) is 0.534. The second kappa shape index (κ2) is 10.2. The van der Waals surface area contributed by atoms with Crippen molar-refractivity contribution in [2.75, 3.05) is 18.2 Å². The number of ether oxygens (including phenoxy) is 1. The number of rotatable bonds is 9. The number of thioether (sulfide) groups is 2. The number of benzene rings is 2. The molecule has 1 amide bonds. The van der Waals surface area contributed by atoms with Crippen LogP contribution >= 0.6 is 23.5 Å². The molecule has 0 radical (unpaired) electrons. The molecule has 146 valence electrons. The van der Waals surface area contributed by atoms with E-state index < -0.39 is 0 Å². The Morgan fingerprint density at radius 1 is 1.11 bits per heavy atom. The van der Waals surface area contributed by atoms with Crippen molar-refractivity contribution in [2.45, 2.75) is 16.7 Å². The molecule has 0 fully saturated rings. The van der Waals surface area contributed by atoms with E-state index >= 15 is 0 Å². The first-order chi connectivity index (χ1) is 13.7. The first-order valence-corrected chi connectivity index (χ1v) is 10.9. The number of hydrogen-bond donors (Lipinski definition) is 1. The van der Waals surface area contributed by atoms with Crippen molar-refractivity contribution >= 4 is 35.1 Å². The van der Waals surface area contributed by atoms with Gasteiger partial charge in [0.05, 0.1) is 18.6 Å². The van der Waals surface area contributed by atoms with Gasteiger partial charge in [-0.2, -0.15) is 0 Å². The molecule has 1 aromatic heterocycles. The molecule has 0 aliphatic carbocycles. The molecule has 3 rings (SSSR count). The number of aromatic nitrogens is 3. The molecule has 0 unspecified atom stereocenters. The third kappa shape index (κ3) is 5.77. The zero-order valence-corrected chi connectivity index (χ0v) is 17.4. The standard InChI is InChI=1S/C20H22N4O2S2/c1-24-18(13-27-12-15-7-4-3-5-8-15)22-23-20(24)28-14-19(25)21-16-9-6-10-17(11-16)26-2/h3-11H,12-14H2,1-2H3,(H,21,25). The van der Waals surface area contributed by atoms with Crippen molar-refractivity contribution in [2.24, 2.45) is 7.05 Å². The fourth-order valence-electron chi connectivity index (χ4n) is 2.46. The molecule has 0 spiro atoms. The van der Waals surface area contributed by atoms with Crippen molar-refractivity contribution in [3.63, 3.8) is 0 Å². The third-order valence-corrected chi connectivity index (χ3v) is 5.97. The van der Waals surface area contributed by atoms with E-state index in [1.165, 1.54) is 17.3 Å². The fraction of sp³-hybridized carbons (Fsp3) is 0.250. The molecular weight excluding hydrogens is 392 g/mol. The molecular formula is C20H22N4O2S2. The van der Waals surface area contributed by atoms with Gasteiger partial charge in [-0.05, 0) is 17.7 Å². The zero-order valence-electron chi connectivity index (χ0n) is 15.8. The van der Waals surface area contributed by atoms with Crippen molar-refractivity contribution in [1.82, 2.24) is 14.8 Å². The molecule has 0 saturated heterocycles. The number of hydrogen-bond acceptors (Lipinski definition) is 6. The largest absolute Gasteiger partial charge is 0.497 e. The average Bonchev–Trinajstić information content (AvgIpc) is 3.07. The monoisotopic (exact) mass is 414 g/mol. The van der Waals surface area contributed by atoms with Gasteiger partial charge in [0.2, 0.25) is 5.91 Å². The first-order valence-electron chi connectivity index (χ1n) is 8.72. The molecule has 8 heteroatoms. The van der Waals surface area contributed by atoms with Crippen LogP contribution in [-0.4, -0.2) is 33.5 Å². The Balaban J connectivity index is 1.47. The van der Waals surface area contributed by atoms with Crippen LogP contribution in [0.3, 0.4) is 0 Å². The van der Waals surface area contributed by atoms with Crippen molar-refractivity contribution < 1.29 is 9.53 Å². The molecule has 0 aliphatic rings. The summed E-state index contributed by atoms with van der Waals surface area (Å²) in [5.41, 5.74) is 2.00. The lowest BCUT2D eigenvalue weighted by atomic mass is 10.2. The lowest BCUT2D eigenvalue weighted by molar-refractivity contribution is -0.113. The summed E-state index contributed by atoms with van der Waals surface area (Å²) in [6.45, 7) is 0. The molecule has 1 heterocycles. The number of nitrogens with one attached hydrogen (secondary N) is 1. The van der Waals surface area contributed by atoms with E-state index in [0.29, 0.717) is 11.4 Å². The minimum atomic E-state index is -0.0961. The topological polar surface area (TPSA) is 69.0 Å². The lowest BCUT2D eigenvalue weighted by Crippen LogP contribution is -2.14. The Hall–Kier alpha value is -2.45. The summed E-state index contributed by atoms with van der Waals surface area (Å²) in [5, 5.41) is 12.1. The molecule has 0 bridgehead atoms. The summed E-state index contributed by atoms with van der Waals surface area (Å²) < 4.78 is 7.11. The van der Waals surface area contributed by atoms with Crippen molar-refractivity contribution in [3.05, 3.63) is 66.0 Å². The minimum Gasteiger partial charge on any atom is -0.497 e. The van der Waals surface area contributed by atoms with Crippen LogP contribution in [0, 0.1) is 0 Å². The SMILES string of the molecule is COc1cccc(NC(=O)CSc2nnc(CSCc3ccccc3)n2C)c1. The van der Waals surface area contributed by atoms with Gasteiger partial charge in [0.25, 0.3) is 0 Å². The van der Waals surface area contributed by atoms with E-state index in [1.54, 1.807) is 24.9 Å². The highest BCUT2D eigenvalue weighted by Gasteiger charge is 2.12.